The molecule has 0 spiro atoms. The zero-order chi connectivity index (χ0) is 11.1. The van der Waals surface area contributed by atoms with Crippen LogP contribution < -0.4 is 4.74 Å². The Hall–Kier alpha value is -0.500. The third-order valence-corrected chi connectivity index (χ3v) is 4.91. The molecule has 15 heavy (non-hydrogen) atoms. The number of halogens is 1. The van der Waals surface area contributed by atoms with Gasteiger partial charge in [-0.25, -0.2) is 0 Å². The molecule has 0 amide bonds. The molecule has 1 aliphatic carbocycles. The van der Waals surface area contributed by atoms with Crippen molar-refractivity contribution in [2.75, 3.05) is 0 Å². The molecule has 82 valence electrons. The van der Waals surface area contributed by atoms with Crippen molar-refractivity contribution in [3.63, 3.8) is 0 Å². The summed E-state index contributed by atoms with van der Waals surface area (Å²) in [6, 6.07) is 8.28. The van der Waals surface area contributed by atoms with Gasteiger partial charge >= 0.3 is 0 Å². The van der Waals surface area contributed by atoms with Gasteiger partial charge in [0.2, 0.25) is 0 Å². The van der Waals surface area contributed by atoms with E-state index in [-0.39, 0.29) is 5.41 Å². The summed E-state index contributed by atoms with van der Waals surface area (Å²) < 4.78 is 5.96. The van der Waals surface area contributed by atoms with Crippen LogP contribution in [0.1, 0.15) is 25.8 Å². The van der Waals surface area contributed by atoms with Crippen molar-refractivity contribution < 1.29 is 4.74 Å². The standard InChI is InChI=1S/C13H17BrO/c1-9-4-6-10(7-5-9)15-12-8-11(14)13(12,2)3/h4-7,11-12H,8H2,1-3H3. The van der Waals surface area contributed by atoms with Crippen molar-refractivity contribution in [1.29, 1.82) is 0 Å². The number of aryl methyl sites for hydroxylation is 1. The van der Waals surface area contributed by atoms with Crippen LogP contribution in [-0.2, 0) is 0 Å². The van der Waals surface area contributed by atoms with E-state index in [2.05, 4.69) is 48.8 Å². The van der Waals surface area contributed by atoms with Crippen LogP contribution in [0, 0.1) is 12.3 Å². The van der Waals surface area contributed by atoms with Gasteiger partial charge in [0.1, 0.15) is 11.9 Å². The summed E-state index contributed by atoms with van der Waals surface area (Å²) in [6.45, 7) is 6.58. The summed E-state index contributed by atoms with van der Waals surface area (Å²) in [7, 11) is 0. The van der Waals surface area contributed by atoms with Crippen molar-refractivity contribution in [3.8, 4) is 5.75 Å². The lowest BCUT2D eigenvalue weighted by atomic mass is 9.69. The molecule has 2 atom stereocenters. The number of rotatable bonds is 2. The highest BCUT2D eigenvalue weighted by Crippen LogP contribution is 2.47. The van der Waals surface area contributed by atoms with Crippen LogP contribution in [-0.4, -0.2) is 10.9 Å². The van der Waals surface area contributed by atoms with Crippen LogP contribution >= 0.6 is 15.9 Å². The first kappa shape index (κ1) is 11.0. The molecule has 2 heteroatoms. The molecule has 0 N–H and O–H groups in total. The number of hydrogen-bond donors (Lipinski definition) is 0. The molecule has 1 saturated carbocycles. The van der Waals surface area contributed by atoms with Gasteiger partial charge in [-0.2, -0.15) is 0 Å². The topological polar surface area (TPSA) is 9.23 Å². The molecule has 0 saturated heterocycles. The van der Waals surface area contributed by atoms with Gasteiger partial charge in [0.25, 0.3) is 0 Å². The van der Waals surface area contributed by atoms with E-state index in [1.54, 1.807) is 0 Å². The molecule has 0 bridgehead atoms. The molecule has 0 aliphatic heterocycles. The molecule has 1 aromatic carbocycles. The van der Waals surface area contributed by atoms with E-state index in [1.165, 1.54) is 5.56 Å². The molecule has 1 aliphatic rings. The normalized spacial score (nSPS) is 28.3. The highest BCUT2D eigenvalue weighted by molar-refractivity contribution is 9.09. The van der Waals surface area contributed by atoms with E-state index in [0.29, 0.717) is 10.9 Å². The third-order valence-electron chi connectivity index (χ3n) is 3.36. The molecule has 1 aromatic rings. The molecular formula is C13H17BrO. The maximum absolute atomic E-state index is 5.96. The Morgan fingerprint density at radius 3 is 2.33 bits per heavy atom. The monoisotopic (exact) mass is 268 g/mol. The highest BCUT2D eigenvalue weighted by atomic mass is 79.9. The minimum absolute atomic E-state index is 0.241. The lowest BCUT2D eigenvalue weighted by molar-refractivity contribution is -0.00779. The Bertz CT molecular complexity index is 342. The van der Waals surface area contributed by atoms with E-state index in [4.69, 9.17) is 4.74 Å². The van der Waals surface area contributed by atoms with Crippen molar-refractivity contribution in [3.05, 3.63) is 29.8 Å². The number of ether oxygens (including phenoxy) is 1. The van der Waals surface area contributed by atoms with Gasteiger partial charge < -0.3 is 4.74 Å². The van der Waals surface area contributed by atoms with E-state index in [0.717, 1.165) is 12.2 Å². The van der Waals surface area contributed by atoms with Gasteiger partial charge in [-0.15, -0.1) is 0 Å². The summed E-state index contributed by atoms with van der Waals surface area (Å²) in [5.41, 5.74) is 1.51. The summed E-state index contributed by atoms with van der Waals surface area (Å²) in [4.78, 5) is 0.584. The number of alkyl halides is 1. The molecule has 0 aromatic heterocycles. The second-order valence-electron chi connectivity index (χ2n) is 4.94. The maximum Gasteiger partial charge on any atom is 0.119 e. The third kappa shape index (κ3) is 2.05. The zero-order valence-electron chi connectivity index (χ0n) is 9.46. The predicted molar refractivity (Wildman–Crippen MR) is 66.7 cm³/mol. The van der Waals surface area contributed by atoms with Crippen LogP contribution in [0.3, 0.4) is 0 Å². The number of benzene rings is 1. The molecule has 1 nitrogen and oxygen atoms in total. The molecular weight excluding hydrogens is 252 g/mol. The molecule has 2 rings (SSSR count). The van der Waals surface area contributed by atoms with Crippen molar-refractivity contribution in [1.82, 2.24) is 0 Å². The fourth-order valence-corrected chi connectivity index (χ4v) is 2.45. The maximum atomic E-state index is 5.96. The fraction of sp³-hybridized carbons (Fsp3) is 0.538. The fourth-order valence-electron chi connectivity index (χ4n) is 1.82. The SMILES string of the molecule is Cc1ccc(OC2CC(Br)C2(C)C)cc1. The molecule has 0 heterocycles. The first-order chi connectivity index (χ1) is 7.00. The van der Waals surface area contributed by atoms with Crippen LogP contribution in [0.4, 0.5) is 0 Å². The van der Waals surface area contributed by atoms with Crippen molar-refractivity contribution in [2.24, 2.45) is 5.41 Å². The minimum atomic E-state index is 0.241. The Labute approximate surface area is 100.0 Å². The first-order valence-electron chi connectivity index (χ1n) is 5.37. The molecule has 1 fully saturated rings. The van der Waals surface area contributed by atoms with Gasteiger partial charge in [0, 0.05) is 10.2 Å². The Morgan fingerprint density at radius 1 is 1.27 bits per heavy atom. The summed E-state index contributed by atoms with van der Waals surface area (Å²) in [5, 5.41) is 0. The van der Waals surface area contributed by atoms with Gasteiger partial charge in [-0.1, -0.05) is 47.5 Å². The van der Waals surface area contributed by atoms with Crippen LogP contribution in [0.15, 0.2) is 24.3 Å². The second kappa shape index (κ2) is 3.82. The van der Waals surface area contributed by atoms with Gasteiger partial charge in [0.15, 0.2) is 0 Å². The van der Waals surface area contributed by atoms with E-state index < -0.39 is 0 Å². The second-order valence-corrected chi connectivity index (χ2v) is 6.05. The summed E-state index contributed by atoms with van der Waals surface area (Å²) >= 11 is 3.67. The predicted octanol–water partition coefficient (Wildman–Crippen LogP) is 3.94. The first-order valence-corrected chi connectivity index (χ1v) is 6.29. The van der Waals surface area contributed by atoms with E-state index in [9.17, 15) is 0 Å². The van der Waals surface area contributed by atoms with Crippen LogP contribution in [0.2, 0.25) is 0 Å². The van der Waals surface area contributed by atoms with Crippen LogP contribution in [0.25, 0.3) is 0 Å². The lowest BCUT2D eigenvalue weighted by Crippen LogP contribution is -2.53. The average molecular weight is 269 g/mol. The molecule has 2 unspecified atom stereocenters. The van der Waals surface area contributed by atoms with Gasteiger partial charge in [0.05, 0.1) is 0 Å². The van der Waals surface area contributed by atoms with Crippen molar-refractivity contribution in [2.45, 2.75) is 38.1 Å². The summed E-state index contributed by atoms with van der Waals surface area (Å²) in [6.07, 6.45) is 1.44. The van der Waals surface area contributed by atoms with E-state index >= 15 is 0 Å². The van der Waals surface area contributed by atoms with Crippen LogP contribution in [0.5, 0.6) is 5.75 Å². The smallest absolute Gasteiger partial charge is 0.119 e. The average Bonchev–Trinajstić information content (AvgIpc) is 2.21. The quantitative estimate of drug-likeness (QED) is 0.739. The minimum Gasteiger partial charge on any atom is -0.490 e. The number of hydrogen-bond acceptors (Lipinski definition) is 1. The van der Waals surface area contributed by atoms with Crippen molar-refractivity contribution >= 4 is 15.9 Å². The lowest BCUT2D eigenvalue weighted by Gasteiger charge is -2.48. The Balaban J connectivity index is 2.02. The Morgan fingerprint density at radius 2 is 1.87 bits per heavy atom. The largest absolute Gasteiger partial charge is 0.490 e. The zero-order valence-corrected chi connectivity index (χ0v) is 11.0. The van der Waals surface area contributed by atoms with Gasteiger partial charge in [-0.3, -0.25) is 0 Å². The van der Waals surface area contributed by atoms with E-state index in [1.807, 2.05) is 12.1 Å². The Kier molecular flexibility index (Phi) is 2.80. The molecule has 0 radical (unpaired) electrons. The summed E-state index contributed by atoms with van der Waals surface area (Å²) in [5.74, 6) is 0.984. The van der Waals surface area contributed by atoms with Gasteiger partial charge in [-0.05, 0) is 25.5 Å². The highest BCUT2D eigenvalue weighted by Gasteiger charge is 2.48.